The van der Waals surface area contributed by atoms with Crippen LogP contribution in [-0.2, 0) is 4.74 Å². The summed E-state index contributed by atoms with van der Waals surface area (Å²) >= 11 is 5.73. The van der Waals surface area contributed by atoms with Crippen LogP contribution >= 0.6 is 11.6 Å². The van der Waals surface area contributed by atoms with E-state index in [0.29, 0.717) is 0 Å². The fourth-order valence-electron chi connectivity index (χ4n) is 1.49. The van der Waals surface area contributed by atoms with E-state index in [1.807, 2.05) is 0 Å². The average Bonchev–Trinajstić information content (AvgIpc) is 2.39. The maximum Gasteiger partial charge on any atom is 0.409 e. The summed E-state index contributed by atoms with van der Waals surface area (Å²) in [6.45, 7) is 6.53. The lowest BCUT2D eigenvalue weighted by molar-refractivity contribution is 0.0334. The van der Waals surface area contributed by atoms with Gasteiger partial charge in [-0.25, -0.2) is 14.2 Å². The molecule has 9 heteroatoms. The van der Waals surface area contributed by atoms with Crippen molar-refractivity contribution < 1.29 is 19.0 Å². The number of hydrogen-bond donors (Lipinski definition) is 3. The molecule has 0 aliphatic heterocycles. The van der Waals surface area contributed by atoms with Crippen molar-refractivity contribution in [2.75, 3.05) is 5.32 Å². The van der Waals surface area contributed by atoms with Crippen LogP contribution in [0.5, 0.6) is 0 Å². The third-order valence-electron chi connectivity index (χ3n) is 2.55. The topological polar surface area (TPSA) is 107 Å². The molecule has 126 valence electrons. The van der Waals surface area contributed by atoms with E-state index >= 15 is 0 Å². The van der Waals surface area contributed by atoms with Crippen LogP contribution in [0.15, 0.2) is 6.07 Å². The number of amides is 1. The molecule has 23 heavy (non-hydrogen) atoms. The summed E-state index contributed by atoms with van der Waals surface area (Å²) in [5, 5.41) is 23.2. The molecule has 3 N–H and O–H groups in total. The molecule has 1 unspecified atom stereocenters. The molecule has 2 atom stereocenters. The van der Waals surface area contributed by atoms with Crippen LogP contribution < -0.4 is 10.6 Å². The first kappa shape index (κ1) is 18.9. The molecule has 1 aromatic rings. The smallest absolute Gasteiger partial charge is 0.409 e. The Hall–Kier alpha value is -2.11. The normalized spacial score (nSPS) is 13.7. The number of nitrogens with one attached hydrogen (secondary N) is 2. The third kappa shape index (κ3) is 5.88. The van der Waals surface area contributed by atoms with Crippen molar-refractivity contribution in [1.82, 2.24) is 10.3 Å². The predicted molar refractivity (Wildman–Crippen MR) is 82.4 cm³/mol. The molecule has 1 rings (SSSR count). The molecule has 7 nitrogen and oxygen atoms in total. The number of pyridine rings is 1. The van der Waals surface area contributed by atoms with Crippen molar-refractivity contribution in [2.24, 2.45) is 0 Å². The summed E-state index contributed by atoms with van der Waals surface area (Å²) in [6.07, 6.45) is -2.18. The van der Waals surface area contributed by atoms with Crippen molar-refractivity contribution >= 4 is 23.5 Å². The minimum atomic E-state index is -1.36. The molecule has 0 aromatic carbocycles. The second-order valence-corrected chi connectivity index (χ2v) is 6.15. The monoisotopic (exact) mass is 344 g/mol. The average molecular weight is 345 g/mol. The highest BCUT2D eigenvalue weighted by molar-refractivity contribution is 6.30. The van der Waals surface area contributed by atoms with Gasteiger partial charge in [-0.05, 0) is 33.8 Å². The highest BCUT2D eigenvalue weighted by Gasteiger charge is 2.23. The Kier molecular flexibility index (Phi) is 6.12. The molecule has 0 bridgehead atoms. The standard InChI is InChI=1S/C14H18ClFN4O3/c1-7(12(21)20-13(22)23-14(2,3)4)18-11-9(16)5-8(6-17)10(15)19-11/h5,7,12,21H,1-4H3,(H,18,19)(H,20,22)/t7?,12-/m0/s1. The van der Waals surface area contributed by atoms with Gasteiger partial charge in [0.25, 0.3) is 0 Å². The number of alkyl carbamates (subject to hydrolysis) is 1. The lowest BCUT2D eigenvalue weighted by Gasteiger charge is -2.25. The number of aromatic nitrogens is 1. The minimum Gasteiger partial charge on any atom is -0.444 e. The number of carbonyl (C=O) groups is 1. The van der Waals surface area contributed by atoms with Crippen LogP contribution in [0.25, 0.3) is 0 Å². The second kappa shape index (κ2) is 7.44. The van der Waals surface area contributed by atoms with Gasteiger partial charge in [0.1, 0.15) is 23.1 Å². The van der Waals surface area contributed by atoms with Crippen molar-refractivity contribution in [1.29, 1.82) is 5.26 Å². The highest BCUT2D eigenvalue weighted by Crippen LogP contribution is 2.20. The number of nitriles is 1. The Morgan fingerprint density at radius 3 is 2.70 bits per heavy atom. The molecule has 0 aliphatic rings. The lowest BCUT2D eigenvalue weighted by atomic mass is 10.2. The Morgan fingerprint density at radius 2 is 2.17 bits per heavy atom. The van der Waals surface area contributed by atoms with Crippen molar-refractivity contribution in [3.8, 4) is 6.07 Å². The van der Waals surface area contributed by atoms with Crippen LogP contribution in [0.4, 0.5) is 15.0 Å². The zero-order chi connectivity index (χ0) is 17.8. The van der Waals surface area contributed by atoms with Crippen molar-refractivity contribution in [3.05, 3.63) is 22.6 Å². The van der Waals surface area contributed by atoms with E-state index in [4.69, 9.17) is 21.6 Å². The van der Waals surface area contributed by atoms with E-state index < -0.39 is 29.8 Å². The first-order valence-electron chi connectivity index (χ1n) is 6.73. The van der Waals surface area contributed by atoms with Crippen molar-refractivity contribution in [3.63, 3.8) is 0 Å². The van der Waals surface area contributed by atoms with Gasteiger partial charge in [0, 0.05) is 0 Å². The summed E-state index contributed by atoms with van der Waals surface area (Å²) < 4.78 is 18.8. The molecule has 0 saturated carbocycles. The molecular formula is C14H18ClFN4O3. The first-order chi connectivity index (χ1) is 10.5. The zero-order valence-electron chi connectivity index (χ0n) is 13.1. The molecular weight excluding hydrogens is 327 g/mol. The van der Waals surface area contributed by atoms with Gasteiger partial charge < -0.3 is 15.2 Å². The number of aliphatic hydroxyl groups excluding tert-OH is 1. The number of carbonyl (C=O) groups excluding carboxylic acids is 1. The van der Waals surface area contributed by atoms with Crippen LogP contribution in [-0.4, -0.2) is 34.1 Å². The number of anilines is 1. The number of aliphatic hydroxyl groups is 1. The van der Waals surface area contributed by atoms with Crippen LogP contribution in [0.1, 0.15) is 33.3 Å². The van der Waals surface area contributed by atoms with E-state index in [2.05, 4.69) is 15.6 Å². The van der Waals surface area contributed by atoms with Crippen LogP contribution in [0.3, 0.4) is 0 Å². The molecule has 0 fully saturated rings. The summed E-state index contributed by atoms with van der Waals surface area (Å²) in [5.41, 5.74) is -0.816. The summed E-state index contributed by atoms with van der Waals surface area (Å²) in [7, 11) is 0. The van der Waals surface area contributed by atoms with E-state index in [0.717, 1.165) is 6.07 Å². The Labute approximate surface area is 138 Å². The molecule has 0 aliphatic carbocycles. The molecule has 1 aromatic heterocycles. The van der Waals surface area contributed by atoms with Gasteiger partial charge in [-0.3, -0.25) is 5.32 Å². The van der Waals surface area contributed by atoms with E-state index in [9.17, 15) is 14.3 Å². The largest absolute Gasteiger partial charge is 0.444 e. The van der Waals surface area contributed by atoms with Gasteiger partial charge in [-0.15, -0.1) is 0 Å². The van der Waals surface area contributed by atoms with E-state index in [1.54, 1.807) is 26.8 Å². The molecule has 1 heterocycles. The Morgan fingerprint density at radius 1 is 1.57 bits per heavy atom. The van der Waals surface area contributed by atoms with Gasteiger partial charge in [-0.1, -0.05) is 11.6 Å². The number of halogens is 2. The van der Waals surface area contributed by atoms with Crippen LogP contribution in [0.2, 0.25) is 5.15 Å². The molecule has 1 amide bonds. The van der Waals surface area contributed by atoms with Gasteiger partial charge >= 0.3 is 6.09 Å². The zero-order valence-corrected chi connectivity index (χ0v) is 13.9. The number of hydrogen-bond acceptors (Lipinski definition) is 6. The van der Waals surface area contributed by atoms with E-state index in [-0.39, 0.29) is 16.5 Å². The number of rotatable bonds is 4. The maximum absolute atomic E-state index is 13.8. The fourth-order valence-corrected chi connectivity index (χ4v) is 1.68. The van der Waals surface area contributed by atoms with Crippen LogP contribution in [0, 0.1) is 17.1 Å². The number of ether oxygens (including phenoxy) is 1. The van der Waals surface area contributed by atoms with Crippen molar-refractivity contribution in [2.45, 2.75) is 45.6 Å². The van der Waals surface area contributed by atoms with Gasteiger partial charge in [0.15, 0.2) is 11.6 Å². The number of nitrogens with zero attached hydrogens (tertiary/aromatic N) is 2. The maximum atomic E-state index is 13.8. The van der Waals surface area contributed by atoms with Gasteiger partial charge in [-0.2, -0.15) is 5.26 Å². The third-order valence-corrected chi connectivity index (χ3v) is 2.84. The molecule has 0 spiro atoms. The Balaban J connectivity index is 2.72. The quantitative estimate of drug-likeness (QED) is 0.572. The summed E-state index contributed by atoms with van der Waals surface area (Å²) in [5.74, 6) is -1.05. The minimum absolute atomic E-state index is 0.102. The predicted octanol–water partition coefficient (Wildman–Crippen LogP) is 2.39. The molecule has 0 saturated heterocycles. The summed E-state index contributed by atoms with van der Waals surface area (Å²) in [6, 6.07) is 1.83. The fraction of sp³-hybridized carbons (Fsp3) is 0.500. The van der Waals surface area contributed by atoms with E-state index in [1.165, 1.54) is 6.92 Å². The van der Waals surface area contributed by atoms with Gasteiger partial charge in [0.05, 0.1) is 11.6 Å². The second-order valence-electron chi connectivity index (χ2n) is 5.79. The highest BCUT2D eigenvalue weighted by atomic mass is 35.5. The SMILES string of the molecule is CC(Nc1nc(Cl)c(C#N)cc1F)[C@H](O)NC(=O)OC(C)(C)C. The van der Waals surface area contributed by atoms with Gasteiger partial charge in [0.2, 0.25) is 0 Å². The first-order valence-corrected chi connectivity index (χ1v) is 7.11. The lowest BCUT2D eigenvalue weighted by Crippen LogP contribution is -2.47. The molecule has 0 radical (unpaired) electrons. The summed E-state index contributed by atoms with van der Waals surface area (Å²) in [4.78, 5) is 15.3. The Bertz CT molecular complexity index is 628.